The molecule has 0 saturated heterocycles. The minimum Gasteiger partial charge on any atom is -0.493 e. The maximum Gasteiger partial charge on any atom is 0.338 e. The largest absolute Gasteiger partial charge is 0.493 e. The summed E-state index contributed by atoms with van der Waals surface area (Å²) in [5, 5.41) is 0. The molecule has 158 valence electrons. The maximum absolute atomic E-state index is 12.5. The summed E-state index contributed by atoms with van der Waals surface area (Å²) in [6, 6.07) is 7.41. The number of ether oxygens (including phenoxy) is 2. The highest BCUT2D eigenvalue weighted by Crippen LogP contribution is 2.21. The molecule has 2 atom stereocenters. The van der Waals surface area contributed by atoms with Gasteiger partial charge in [-0.1, -0.05) is 84.9 Å². The molecule has 0 aliphatic rings. The van der Waals surface area contributed by atoms with Gasteiger partial charge in [0.2, 0.25) is 0 Å². The van der Waals surface area contributed by atoms with E-state index in [-0.39, 0.29) is 5.97 Å². The third-order valence-corrected chi connectivity index (χ3v) is 5.45. The normalized spacial score (nSPS) is 13.0. The summed E-state index contributed by atoms with van der Waals surface area (Å²) < 4.78 is 11.5. The van der Waals surface area contributed by atoms with Gasteiger partial charge in [-0.15, -0.1) is 0 Å². The van der Waals surface area contributed by atoms with E-state index in [1.807, 2.05) is 18.2 Å². The second-order valence-corrected chi connectivity index (χ2v) is 7.75. The first-order chi connectivity index (χ1) is 13.5. The molecule has 0 fully saturated rings. The average Bonchev–Trinajstić information content (AvgIpc) is 2.73. The van der Waals surface area contributed by atoms with Crippen molar-refractivity contribution in [1.29, 1.82) is 0 Å². The van der Waals surface area contributed by atoms with Gasteiger partial charge in [0.1, 0.15) is 5.76 Å². The molecular weight excluding hydrogens is 348 g/mol. The minimum absolute atomic E-state index is 0.265. The van der Waals surface area contributed by atoms with Gasteiger partial charge in [0, 0.05) is 5.56 Å². The molecule has 0 heterocycles. The first kappa shape index (κ1) is 24.3. The molecule has 0 spiro atoms. The summed E-state index contributed by atoms with van der Waals surface area (Å²) in [6.45, 7) is 14.0. The Morgan fingerprint density at radius 2 is 1.43 bits per heavy atom. The van der Waals surface area contributed by atoms with Crippen LogP contribution in [0, 0.1) is 11.8 Å². The molecule has 0 amide bonds. The predicted octanol–water partition coefficient (Wildman–Crippen LogP) is 7.26. The third kappa shape index (κ3) is 8.95. The lowest BCUT2D eigenvalue weighted by atomic mass is 10.0. The molecular formula is C25H40O3. The fraction of sp³-hybridized carbons (Fsp3) is 0.640. The number of benzene rings is 1. The second-order valence-electron chi connectivity index (χ2n) is 7.75. The van der Waals surface area contributed by atoms with E-state index in [0.717, 1.165) is 24.8 Å². The number of carbonyl (C=O) groups is 1. The Hall–Kier alpha value is -1.77. The topological polar surface area (TPSA) is 35.5 Å². The Labute approximate surface area is 172 Å². The van der Waals surface area contributed by atoms with Crippen molar-refractivity contribution >= 4 is 11.7 Å². The first-order valence-corrected chi connectivity index (χ1v) is 11.1. The fourth-order valence-electron chi connectivity index (χ4n) is 3.19. The van der Waals surface area contributed by atoms with E-state index in [1.54, 1.807) is 6.07 Å². The lowest BCUT2D eigenvalue weighted by Gasteiger charge is -2.17. The van der Waals surface area contributed by atoms with Crippen LogP contribution in [0.3, 0.4) is 0 Å². The maximum atomic E-state index is 12.5. The van der Waals surface area contributed by atoms with Gasteiger partial charge in [-0.2, -0.15) is 0 Å². The second kappa shape index (κ2) is 14.3. The van der Waals surface area contributed by atoms with Crippen LogP contribution in [0.25, 0.3) is 5.76 Å². The Balaban J connectivity index is 2.59. The summed E-state index contributed by atoms with van der Waals surface area (Å²) in [4.78, 5) is 12.5. The minimum atomic E-state index is -0.265. The van der Waals surface area contributed by atoms with Gasteiger partial charge in [0.15, 0.2) is 0 Å². The van der Waals surface area contributed by atoms with E-state index in [2.05, 4.69) is 34.3 Å². The van der Waals surface area contributed by atoms with Gasteiger partial charge in [-0.05, 0) is 36.8 Å². The van der Waals surface area contributed by atoms with E-state index in [9.17, 15) is 4.79 Å². The van der Waals surface area contributed by atoms with E-state index < -0.39 is 0 Å². The zero-order valence-corrected chi connectivity index (χ0v) is 18.5. The van der Waals surface area contributed by atoms with Gasteiger partial charge >= 0.3 is 5.97 Å². The average molecular weight is 389 g/mol. The fourth-order valence-corrected chi connectivity index (χ4v) is 3.19. The van der Waals surface area contributed by atoms with E-state index in [4.69, 9.17) is 9.47 Å². The van der Waals surface area contributed by atoms with Crippen molar-refractivity contribution in [1.82, 2.24) is 0 Å². The van der Waals surface area contributed by atoms with Crippen molar-refractivity contribution in [3.8, 4) is 0 Å². The molecule has 3 nitrogen and oxygen atoms in total. The molecule has 1 aromatic rings. The number of hydrogen-bond donors (Lipinski definition) is 0. The summed E-state index contributed by atoms with van der Waals surface area (Å²) in [5.74, 6) is 1.36. The number of rotatable bonds is 15. The Morgan fingerprint density at radius 1 is 0.893 bits per heavy atom. The number of hydrogen-bond acceptors (Lipinski definition) is 3. The van der Waals surface area contributed by atoms with Crippen molar-refractivity contribution < 1.29 is 14.3 Å². The zero-order valence-electron chi connectivity index (χ0n) is 18.5. The predicted molar refractivity (Wildman–Crippen MR) is 118 cm³/mol. The van der Waals surface area contributed by atoms with E-state index in [1.165, 1.54) is 32.1 Å². The van der Waals surface area contributed by atoms with Crippen LogP contribution in [-0.2, 0) is 9.47 Å². The van der Waals surface area contributed by atoms with E-state index >= 15 is 0 Å². The van der Waals surface area contributed by atoms with Crippen LogP contribution < -0.4 is 0 Å². The van der Waals surface area contributed by atoms with Gasteiger partial charge in [0.25, 0.3) is 0 Å². The standard InChI is InChI=1S/C25H40O3/c1-6-10-13-21(8-3)18-27-20(5)23-15-12-16-24(17-23)25(26)28-19-22(9-4)14-11-7-2/h12,15-17,21-22H,5-11,13-14,18-19H2,1-4H3. The highest BCUT2D eigenvalue weighted by atomic mass is 16.5. The Kier molecular flexibility index (Phi) is 12.4. The highest BCUT2D eigenvalue weighted by molar-refractivity contribution is 5.90. The molecule has 28 heavy (non-hydrogen) atoms. The molecule has 0 N–H and O–H groups in total. The van der Waals surface area contributed by atoms with Gasteiger partial charge in [-0.25, -0.2) is 4.79 Å². The molecule has 2 unspecified atom stereocenters. The molecule has 3 heteroatoms. The lowest BCUT2D eigenvalue weighted by molar-refractivity contribution is 0.0428. The van der Waals surface area contributed by atoms with Crippen LogP contribution in [0.1, 0.15) is 95.0 Å². The van der Waals surface area contributed by atoms with Crippen LogP contribution in [0.15, 0.2) is 30.8 Å². The van der Waals surface area contributed by atoms with Crippen LogP contribution >= 0.6 is 0 Å². The van der Waals surface area contributed by atoms with Crippen molar-refractivity contribution in [3.63, 3.8) is 0 Å². The van der Waals surface area contributed by atoms with Crippen LogP contribution in [0.2, 0.25) is 0 Å². The van der Waals surface area contributed by atoms with E-state index in [0.29, 0.717) is 36.4 Å². The number of carbonyl (C=O) groups excluding carboxylic acids is 1. The number of esters is 1. The van der Waals surface area contributed by atoms with Crippen molar-refractivity contribution in [3.05, 3.63) is 42.0 Å². The summed E-state index contributed by atoms with van der Waals surface area (Å²) >= 11 is 0. The molecule has 0 aromatic heterocycles. The van der Waals surface area contributed by atoms with Crippen molar-refractivity contribution in [2.45, 2.75) is 79.1 Å². The monoisotopic (exact) mass is 388 g/mol. The smallest absolute Gasteiger partial charge is 0.338 e. The summed E-state index contributed by atoms with van der Waals surface area (Å²) in [7, 11) is 0. The molecule has 1 rings (SSSR count). The van der Waals surface area contributed by atoms with Crippen LogP contribution in [0.4, 0.5) is 0 Å². The molecule has 0 aliphatic carbocycles. The van der Waals surface area contributed by atoms with Gasteiger partial charge < -0.3 is 9.47 Å². The Bertz CT molecular complexity index is 532. The molecule has 0 aliphatic heterocycles. The van der Waals surface area contributed by atoms with Gasteiger partial charge in [0.05, 0.1) is 18.8 Å². The highest BCUT2D eigenvalue weighted by Gasteiger charge is 2.14. The molecule has 0 radical (unpaired) electrons. The lowest BCUT2D eigenvalue weighted by Crippen LogP contribution is -2.14. The van der Waals surface area contributed by atoms with Gasteiger partial charge in [-0.3, -0.25) is 0 Å². The van der Waals surface area contributed by atoms with Crippen LogP contribution in [-0.4, -0.2) is 19.2 Å². The quantitative estimate of drug-likeness (QED) is 0.234. The van der Waals surface area contributed by atoms with Crippen molar-refractivity contribution in [2.75, 3.05) is 13.2 Å². The summed E-state index contributed by atoms with van der Waals surface area (Å²) in [6.07, 6.45) is 9.23. The first-order valence-electron chi connectivity index (χ1n) is 11.1. The summed E-state index contributed by atoms with van der Waals surface area (Å²) in [5.41, 5.74) is 1.41. The molecule has 0 bridgehead atoms. The number of unbranched alkanes of at least 4 members (excludes halogenated alkanes) is 2. The zero-order chi connectivity index (χ0) is 20.8. The van der Waals surface area contributed by atoms with Crippen molar-refractivity contribution in [2.24, 2.45) is 11.8 Å². The Morgan fingerprint density at radius 3 is 1.96 bits per heavy atom. The van der Waals surface area contributed by atoms with Crippen LogP contribution in [0.5, 0.6) is 0 Å². The third-order valence-electron chi connectivity index (χ3n) is 5.45. The molecule has 1 aromatic carbocycles. The molecule has 0 saturated carbocycles. The SMILES string of the molecule is C=C(OCC(CC)CCCC)c1cccc(C(=O)OCC(CC)CCCC)c1.